The summed E-state index contributed by atoms with van der Waals surface area (Å²) in [6, 6.07) is 5.52. The lowest BCUT2D eigenvalue weighted by Gasteiger charge is -2.29. The van der Waals surface area contributed by atoms with Crippen molar-refractivity contribution in [1.29, 1.82) is 0 Å². The number of ether oxygens (including phenoxy) is 2. The van der Waals surface area contributed by atoms with Gasteiger partial charge in [-0.25, -0.2) is 0 Å². The summed E-state index contributed by atoms with van der Waals surface area (Å²) >= 11 is 0. The second kappa shape index (κ2) is 5.77. The predicted octanol–water partition coefficient (Wildman–Crippen LogP) is 2.86. The van der Waals surface area contributed by atoms with Crippen molar-refractivity contribution in [3.05, 3.63) is 41.7 Å². The molecule has 1 aliphatic heterocycles. The Bertz CT molecular complexity index is 624. The molecular formula is C16H20N2O3. The topological polar surface area (TPSA) is 56.5 Å². The zero-order valence-corrected chi connectivity index (χ0v) is 12.3. The number of nitrogens with zero attached hydrogens (tertiary/aromatic N) is 2. The molecule has 1 unspecified atom stereocenters. The third kappa shape index (κ3) is 2.74. The number of rotatable bonds is 4. The van der Waals surface area contributed by atoms with E-state index >= 15 is 0 Å². The molecule has 1 aromatic carbocycles. The first-order chi connectivity index (χ1) is 10.2. The molecule has 0 fully saturated rings. The molecule has 1 aromatic heterocycles. The summed E-state index contributed by atoms with van der Waals surface area (Å²) in [6.45, 7) is 3.01. The second-order valence-electron chi connectivity index (χ2n) is 5.30. The van der Waals surface area contributed by atoms with Crippen LogP contribution < -0.4 is 9.47 Å². The minimum absolute atomic E-state index is 0.161. The molecule has 3 rings (SSSR count). The number of aryl methyl sites for hydroxylation is 1. The summed E-state index contributed by atoms with van der Waals surface area (Å²) in [6.07, 6.45) is 4.67. The van der Waals surface area contributed by atoms with Gasteiger partial charge in [0.05, 0.1) is 19.4 Å². The summed E-state index contributed by atoms with van der Waals surface area (Å²) in [7, 11) is 1.61. The average molecular weight is 288 g/mol. The quantitative estimate of drug-likeness (QED) is 0.940. The normalized spacial score (nSPS) is 20.7. The van der Waals surface area contributed by atoms with Crippen LogP contribution in [-0.4, -0.2) is 22.0 Å². The predicted molar refractivity (Wildman–Crippen MR) is 78.5 cm³/mol. The van der Waals surface area contributed by atoms with Gasteiger partial charge in [-0.3, -0.25) is 4.68 Å². The maximum atomic E-state index is 10.4. The van der Waals surface area contributed by atoms with E-state index in [0.29, 0.717) is 12.2 Å². The minimum atomic E-state index is -0.552. The van der Waals surface area contributed by atoms with E-state index < -0.39 is 6.10 Å². The number of hydrogen-bond acceptors (Lipinski definition) is 4. The fourth-order valence-corrected chi connectivity index (χ4v) is 2.65. The Labute approximate surface area is 124 Å². The Morgan fingerprint density at radius 2 is 2.33 bits per heavy atom. The van der Waals surface area contributed by atoms with Crippen molar-refractivity contribution in [1.82, 2.24) is 9.78 Å². The van der Waals surface area contributed by atoms with Crippen molar-refractivity contribution in [2.24, 2.45) is 0 Å². The van der Waals surface area contributed by atoms with E-state index in [0.717, 1.165) is 29.8 Å². The molecule has 2 aromatic rings. The standard InChI is InChI=1S/C16H20N2O3/c1-3-6-18-10-11(9-17-18)16-8-14(19)13-7-12(20-2)4-5-15(13)21-16/h4-5,7,9-10,14,16,19H,3,6,8H2,1-2H3/t14-,16?/m0/s1. The van der Waals surface area contributed by atoms with Crippen LogP contribution in [0.15, 0.2) is 30.6 Å². The number of fused-ring (bicyclic) bond motifs is 1. The van der Waals surface area contributed by atoms with Crippen molar-refractivity contribution in [2.75, 3.05) is 7.11 Å². The smallest absolute Gasteiger partial charge is 0.130 e. The van der Waals surface area contributed by atoms with Gasteiger partial charge in [-0.2, -0.15) is 5.10 Å². The summed E-state index contributed by atoms with van der Waals surface area (Å²) in [5.41, 5.74) is 1.79. The van der Waals surface area contributed by atoms with Crippen LogP contribution in [0.5, 0.6) is 11.5 Å². The highest BCUT2D eigenvalue weighted by molar-refractivity contribution is 5.43. The van der Waals surface area contributed by atoms with E-state index in [9.17, 15) is 5.11 Å². The molecule has 0 radical (unpaired) electrons. The highest BCUT2D eigenvalue weighted by atomic mass is 16.5. The molecule has 0 spiro atoms. The lowest BCUT2D eigenvalue weighted by atomic mass is 9.96. The largest absolute Gasteiger partial charge is 0.497 e. The van der Waals surface area contributed by atoms with Crippen molar-refractivity contribution in [2.45, 2.75) is 38.5 Å². The van der Waals surface area contributed by atoms with Crippen LogP contribution in [0, 0.1) is 0 Å². The first-order valence-corrected chi connectivity index (χ1v) is 7.26. The van der Waals surface area contributed by atoms with E-state index in [4.69, 9.17) is 9.47 Å². The fraction of sp³-hybridized carbons (Fsp3) is 0.438. The molecule has 1 N–H and O–H groups in total. The third-order valence-electron chi connectivity index (χ3n) is 3.76. The lowest BCUT2D eigenvalue weighted by Crippen LogP contribution is -2.18. The van der Waals surface area contributed by atoms with Gasteiger partial charge in [0.2, 0.25) is 0 Å². The van der Waals surface area contributed by atoms with Gasteiger partial charge in [-0.05, 0) is 24.6 Å². The van der Waals surface area contributed by atoms with Gasteiger partial charge < -0.3 is 14.6 Å². The highest BCUT2D eigenvalue weighted by Gasteiger charge is 2.29. The molecule has 0 aliphatic carbocycles. The van der Waals surface area contributed by atoms with Crippen LogP contribution in [0.2, 0.25) is 0 Å². The Hall–Kier alpha value is -2.01. The van der Waals surface area contributed by atoms with E-state index in [-0.39, 0.29) is 6.10 Å². The van der Waals surface area contributed by atoms with E-state index in [2.05, 4.69) is 12.0 Å². The zero-order chi connectivity index (χ0) is 14.8. The number of hydrogen-bond donors (Lipinski definition) is 1. The molecule has 21 heavy (non-hydrogen) atoms. The van der Waals surface area contributed by atoms with Gasteiger partial charge in [0.25, 0.3) is 0 Å². The summed E-state index contributed by atoms with van der Waals surface area (Å²) in [4.78, 5) is 0. The first kappa shape index (κ1) is 13.9. The molecule has 112 valence electrons. The lowest BCUT2D eigenvalue weighted by molar-refractivity contribution is 0.0654. The molecule has 0 amide bonds. The van der Waals surface area contributed by atoms with Gasteiger partial charge >= 0.3 is 0 Å². The van der Waals surface area contributed by atoms with E-state index in [1.165, 1.54) is 0 Å². The van der Waals surface area contributed by atoms with Crippen molar-refractivity contribution < 1.29 is 14.6 Å². The second-order valence-corrected chi connectivity index (χ2v) is 5.30. The fourth-order valence-electron chi connectivity index (χ4n) is 2.65. The molecule has 0 saturated carbocycles. The summed E-state index contributed by atoms with van der Waals surface area (Å²) in [5.74, 6) is 1.44. The molecule has 0 saturated heterocycles. The summed E-state index contributed by atoms with van der Waals surface area (Å²) < 4.78 is 13.1. The molecule has 1 aliphatic rings. The van der Waals surface area contributed by atoms with Gasteiger partial charge in [0.1, 0.15) is 17.6 Å². The number of aliphatic hydroxyl groups is 1. The number of benzene rings is 1. The average Bonchev–Trinajstić information content (AvgIpc) is 2.96. The Balaban J connectivity index is 1.83. The molecular weight excluding hydrogens is 268 g/mol. The number of aromatic nitrogens is 2. The third-order valence-corrected chi connectivity index (χ3v) is 3.76. The SMILES string of the molecule is CCCn1cc(C2C[C@H](O)c3cc(OC)ccc3O2)cn1. The first-order valence-electron chi connectivity index (χ1n) is 7.26. The van der Waals surface area contributed by atoms with Gasteiger partial charge in [0, 0.05) is 30.3 Å². The van der Waals surface area contributed by atoms with Crippen molar-refractivity contribution >= 4 is 0 Å². The van der Waals surface area contributed by atoms with E-state index in [1.807, 2.05) is 35.3 Å². The van der Waals surface area contributed by atoms with Gasteiger partial charge in [0.15, 0.2) is 0 Å². The van der Waals surface area contributed by atoms with Crippen LogP contribution in [0.1, 0.15) is 43.1 Å². The van der Waals surface area contributed by atoms with Crippen molar-refractivity contribution in [3.8, 4) is 11.5 Å². The van der Waals surface area contributed by atoms with Crippen LogP contribution in [-0.2, 0) is 6.54 Å². The Morgan fingerprint density at radius 3 is 3.10 bits per heavy atom. The number of aliphatic hydroxyl groups excluding tert-OH is 1. The molecule has 0 bridgehead atoms. The van der Waals surface area contributed by atoms with Crippen molar-refractivity contribution in [3.63, 3.8) is 0 Å². The van der Waals surface area contributed by atoms with Crippen LogP contribution >= 0.6 is 0 Å². The Morgan fingerprint density at radius 1 is 1.48 bits per heavy atom. The number of methoxy groups -OCH3 is 1. The highest BCUT2D eigenvalue weighted by Crippen LogP contribution is 2.42. The zero-order valence-electron chi connectivity index (χ0n) is 12.3. The van der Waals surface area contributed by atoms with Crippen LogP contribution in [0.3, 0.4) is 0 Å². The van der Waals surface area contributed by atoms with Crippen LogP contribution in [0.4, 0.5) is 0 Å². The van der Waals surface area contributed by atoms with Gasteiger partial charge in [-0.15, -0.1) is 0 Å². The van der Waals surface area contributed by atoms with E-state index in [1.54, 1.807) is 7.11 Å². The monoisotopic (exact) mass is 288 g/mol. The Kier molecular flexibility index (Phi) is 3.84. The minimum Gasteiger partial charge on any atom is -0.497 e. The molecule has 2 heterocycles. The summed E-state index contributed by atoms with van der Waals surface area (Å²) in [5, 5.41) is 14.7. The maximum Gasteiger partial charge on any atom is 0.130 e. The van der Waals surface area contributed by atoms with Gasteiger partial charge in [-0.1, -0.05) is 6.92 Å². The van der Waals surface area contributed by atoms with Crippen LogP contribution in [0.25, 0.3) is 0 Å². The maximum absolute atomic E-state index is 10.4. The molecule has 5 heteroatoms. The molecule has 5 nitrogen and oxygen atoms in total. The molecule has 2 atom stereocenters.